The molecule has 3 rings (SSSR count). The van der Waals surface area contributed by atoms with E-state index in [1.165, 1.54) is 51.4 Å². The van der Waals surface area contributed by atoms with E-state index in [1.54, 1.807) is 6.92 Å². The van der Waals surface area contributed by atoms with Gasteiger partial charge in [-0.3, -0.25) is 4.79 Å². The summed E-state index contributed by atoms with van der Waals surface area (Å²) in [5.41, 5.74) is 1.97. The monoisotopic (exact) mass is 302 g/mol. The lowest BCUT2D eigenvalue weighted by Crippen LogP contribution is -2.53. The molecule has 124 valence electrons. The molecule has 1 heteroatoms. The molecule has 4 unspecified atom stereocenters. The summed E-state index contributed by atoms with van der Waals surface area (Å²) in [4.78, 5) is 11.7. The van der Waals surface area contributed by atoms with E-state index in [9.17, 15) is 4.79 Å². The minimum atomic E-state index is 0.210. The van der Waals surface area contributed by atoms with E-state index in [1.807, 2.05) is 0 Å². The van der Waals surface area contributed by atoms with Crippen LogP contribution < -0.4 is 0 Å². The van der Waals surface area contributed by atoms with Crippen molar-refractivity contribution in [3.8, 4) is 0 Å². The molecular weight excluding hydrogens is 268 g/mol. The maximum absolute atomic E-state index is 11.7. The minimum absolute atomic E-state index is 0.210. The van der Waals surface area contributed by atoms with Gasteiger partial charge in [-0.1, -0.05) is 33.8 Å². The number of rotatable bonds is 2. The molecule has 3 fully saturated rings. The smallest absolute Gasteiger partial charge is 0.155 e. The fourth-order valence-corrected chi connectivity index (χ4v) is 6.77. The summed E-state index contributed by atoms with van der Waals surface area (Å²) in [5, 5.41) is 0. The molecule has 22 heavy (non-hydrogen) atoms. The Hall–Kier alpha value is -0.590. The summed E-state index contributed by atoms with van der Waals surface area (Å²) >= 11 is 0. The van der Waals surface area contributed by atoms with Crippen LogP contribution in [0.15, 0.2) is 12.2 Å². The highest BCUT2D eigenvalue weighted by Crippen LogP contribution is 2.64. The molecule has 3 saturated carbocycles. The Morgan fingerprint density at radius 1 is 1.05 bits per heavy atom. The third-order valence-electron chi connectivity index (χ3n) is 7.88. The van der Waals surface area contributed by atoms with Gasteiger partial charge in [0.1, 0.15) is 0 Å². The number of Topliss-reactive ketones (excluding diaryl/α,β-unsaturated/α-hetero) is 1. The average molecular weight is 303 g/mol. The summed E-state index contributed by atoms with van der Waals surface area (Å²) in [6.45, 7) is 13.4. The summed E-state index contributed by atoms with van der Waals surface area (Å²) in [7, 11) is 0. The summed E-state index contributed by atoms with van der Waals surface area (Å²) in [5.74, 6) is 3.31. The van der Waals surface area contributed by atoms with Crippen LogP contribution in [0.2, 0.25) is 0 Å². The highest BCUT2D eigenvalue weighted by Gasteiger charge is 2.55. The van der Waals surface area contributed by atoms with Crippen LogP contribution in [-0.2, 0) is 4.79 Å². The van der Waals surface area contributed by atoms with Gasteiger partial charge in [0.25, 0.3) is 0 Å². The number of ketones is 1. The Kier molecular flexibility index (Phi) is 4.06. The molecule has 0 aromatic carbocycles. The first-order chi connectivity index (χ1) is 10.3. The van der Waals surface area contributed by atoms with Crippen molar-refractivity contribution in [1.29, 1.82) is 0 Å². The predicted octanol–water partition coefficient (Wildman–Crippen LogP) is 5.79. The molecule has 0 saturated heterocycles. The van der Waals surface area contributed by atoms with Crippen LogP contribution in [0.25, 0.3) is 0 Å². The Bertz CT molecular complexity index is 474. The number of hydrogen-bond acceptors (Lipinski definition) is 1. The van der Waals surface area contributed by atoms with Gasteiger partial charge in [0.2, 0.25) is 0 Å². The van der Waals surface area contributed by atoms with Crippen LogP contribution in [0.4, 0.5) is 0 Å². The molecule has 3 aliphatic rings. The van der Waals surface area contributed by atoms with Crippen molar-refractivity contribution in [2.24, 2.45) is 34.5 Å². The van der Waals surface area contributed by atoms with E-state index in [-0.39, 0.29) is 5.78 Å². The van der Waals surface area contributed by atoms with Crippen LogP contribution >= 0.6 is 0 Å². The second-order valence-electron chi connectivity index (χ2n) is 9.44. The van der Waals surface area contributed by atoms with Gasteiger partial charge in [-0.2, -0.15) is 0 Å². The van der Waals surface area contributed by atoms with E-state index >= 15 is 0 Å². The lowest BCUT2D eigenvalue weighted by atomic mass is 9.44. The zero-order valence-corrected chi connectivity index (χ0v) is 15.1. The van der Waals surface area contributed by atoms with Crippen molar-refractivity contribution in [2.75, 3.05) is 0 Å². The highest BCUT2D eigenvalue weighted by molar-refractivity contribution is 5.93. The van der Waals surface area contributed by atoms with Gasteiger partial charge in [0.15, 0.2) is 5.78 Å². The molecule has 0 bridgehead atoms. The quantitative estimate of drug-likeness (QED) is 0.590. The van der Waals surface area contributed by atoms with Crippen LogP contribution in [0, 0.1) is 34.5 Å². The van der Waals surface area contributed by atoms with E-state index in [0.29, 0.717) is 16.7 Å². The molecule has 0 N–H and O–H groups in total. The number of hydrogen-bond donors (Lipinski definition) is 0. The van der Waals surface area contributed by atoms with Gasteiger partial charge < -0.3 is 0 Å². The highest BCUT2D eigenvalue weighted by atomic mass is 16.1. The fourth-order valence-electron chi connectivity index (χ4n) is 6.77. The first-order valence-electron chi connectivity index (χ1n) is 9.45. The van der Waals surface area contributed by atoms with Crippen molar-refractivity contribution in [1.82, 2.24) is 0 Å². The number of carbonyl (C=O) groups is 1. The van der Waals surface area contributed by atoms with Crippen molar-refractivity contribution < 1.29 is 4.79 Å². The van der Waals surface area contributed by atoms with Crippen LogP contribution in [0.5, 0.6) is 0 Å². The summed E-state index contributed by atoms with van der Waals surface area (Å²) < 4.78 is 0. The molecule has 5 atom stereocenters. The second kappa shape index (κ2) is 5.49. The van der Waals surface area contributed by atoms with Crippen molar-refractivity contribution in [2.45, 2.75) is 79.1 Å². The largest absolute Gasteiger partial charge is 0.295 e. The second-order valence-corrected chi connectivity index (χ2v) is 9.44. The Morgan fingerprint density at radius 2 is 1.77 bits per heavy atom. The number of fused-ring (bicyclic) bond motifs is 3. The van der Waals surface area contributed by atoms with Gasteiger partial charge in [-0.25, -0.2) is 0 Å². The normalized spacial score (nSPS) is 43.8. The molecule has 0 radical (unpaired) electrons. The van der Waals surface area contributed by atoms with E-state index in [0.717, 1.165) is 23.3 Å². The van der Waals surface area contributed by atoms with Crippen molar-refractivity contribution >= 4 is 5.78 Å². The van der Waals surface area contributed by atoms with Gasteiger partial charge in [0, 0.05) is 0 Å². The molecule has 0 heterocycles. The van der Waals surface area contributed by atoms with Gasteiger partial charge >= 0.3 is 0 Å². The van der Waals surface area contributed by atoms with Crippen molar-refractivity contribution in [3.05, 3.63) is 12.2 Å². The minimum Gasteiger partial charge on any atom is -0.295 e. The average Bonchev–Trinajstić information content (AvgIpc) is 2.45. The summed E-state index contributed by atoms with van der Waals surface area (Å²) in [6.07, 6.45) is 10.8. The predicted molar refractivity (Wildman–Crippen MR) is 92.6 cm³/mol. The number of allylic oxidation sites excluding steroid dienone is 1. The van der Waals surface area contributed by atoms with Crippen LogP contribution in [-0.4, -0.2) is 5.78 Å². The summed E-state index contributed by atoms with van der Waals surface area (Å²) in [6, 6.07) is 0. The maximum Gasteiger partial charge on any atom is 0.155 e. The molecule has 3 aliphatic carbocycles. The molecule has 0 aliphatic heterocycles. The third-order valence-corrected chi connectivity index (χ3v) is 7.88. The third kappa shape index (κ3) is 2.49. The van der Waals surface area contributed by atoms with Gasteiger partial charge in [-0.05, 0) is 91.9 Å². The van der Waals surface area contributed by atoms with E-state index in [4.69, 9.17) is 0 Å². The van der Waals surface area contributed by atoms with Gasteiger partial charge in [0.05, 0.1) is 0 Å². The first-order valence-corrected chi connectivity index (χ1v) is 9.45. The Labute approximate surface area is 136 Å². The van der Waals surface area contributed by atoms with Crippen LogP contribution in [0.1, 0.15) is 79.1 Å². The molecule has 0 spiro atoms. The Balaban J connectivity index is 1.79. The van der Waals surface area contributed by atoms with E-state index < -0.39 is 0 Å². The first kappa shape index (κ1) is 16.3. The topological polar surface area (TPSA) is 17.1 Å². The molecular formula is C21H34O. The van der Waals surface area contributed by atoms with E-state index in [2.05, 4.69) is 27.4 Å². The fraction of sp³-hybridized carbons (Fsp3) is 0.857. The zero-order chi connectivity index (χ0) is 16.1. The Morgan fingerprint density at radius 3 is 2.45 bits per heavy atom. The van der Waals surface area contributed by atoms with Crippen molar-refractivity contribution in [3.63, 3.8) is 0 Å². The lowest BCUT2D eigenvalue weighted by Gasteiger charge is -2.61. The molecule has 0 amide bonds. The number of carbonyl (C=O) groups excluding carboxylic acids is 1. The zero-order valence-electron chi connectivity index (χ0n) is 15.1. The molecule has 1 nitrogen and oxygen atoms in total. The standard InChI is InChI=1S/C21H34O/c1-14(15(2)22)16-7-9-18-17(13-16)8-10-19-20(3,4)11-6-12-21(18,19)5/h16-19H,1,6-13H2,2-5H3/t16?,17?,18?,19?,21-/m0/s1. The molecule has 0 aromatic rings. The molecule has 0 aromatic heterocycles. The van der Waals surface area contributed by atoms with Crippen LogP contribution in [0.3, 0.4) is 0 Å². The maximum atomic E-state index is 11.7. The van der Waals surface area contributed by atoms with Gasteiger partial charge in [-0.15, -0.1) is 0 Å². The SMILES string of the molecule is C=C(C(C)=O)C1CCC2C(CCC3C(C)(C)CCC[C@@]23C)C1. The lowest BCUT2D eigenvalue weighted by molar-refractivity contribution is -0.118.